The molecule has 0 aromatic carbocycles. The monoisotopic (exact) mass is 246 g/mol. The number of carbonyl (C=O) groups excluding carboxylic acids is 2. The van der Waals surface area contributed by atoms with Crippen LogP contribution >= 0.6 is 0 Å². The van der Waals surface area contributed by atoms with Gasteiger partial charge >= 0.3 is 12.2 Å². The van der Waals surface area contributed by atoms with Crippen LogP contribution in [0.25, 0.3) is 0 Å². The van der Waals surface area contributed by atoms with E-state index in [2.05, 4.69) is 0 Å². The van der Waals surface area contributed by atoms with Crippen LogP contribution in [0.2, 0.25) is 0 Å². The summed E-state index contributed by atoms with van der Waals surface area (Å²) in [5, 5.41) is 0. The quantitative estimate of drug-likeness (QED) is 0.669. The van der Waals surface area contributed by atoms with Crippen molar-refractivity contribution < 1.29 is 19.1 Å². The van der Waals surface area contributed by atoms with Gasteiger partial charge in [0.15, 0.2) is 0 Å². The highest BCUT2D eigenvalue weighted by atomic mass is 16.6. The van der Waals surface area contributed by atoms with Crippen LogP contribution in [0.4, 0.5) is 9.59 Å². The van der Waals surface area contributed by atoms with Crippen LogP contribution in [0, 0.1) is 0 Å². The van der Waals surface area contributed by atoms with Gasteiger partial charge in [0.2, 0.25) is 0 Å². The Morgan fingerprint density at radius 2 is 1.76 bits per heavy atom. The van der Waals surface area contributed by atoms with Crippen molar-refractivity contribution in [1.29, 1.82) is 0 Å². The normalized spacial score (nSPS) is 12.9. The van der Waals surface area contributed by atoms with Crippen molar-refractivity contribution in [3.8, 4) is 0 Å². The second-order valence-corrected chi connectivity index (χ2v) is 4.67. The van der Waals surface area contributed by atoms with Crippen molar-refractivity contribution in [1.82, 2.24) is 0 Å². The number of amides is 2. The molecule has 0 rings (SSSR count). The van der Waals surface area contributed by atoms with Crippen molar-refractivity contribution in [2.45, 2.75) is 58.2 Å². The first-order chi connectivity index (χ1) is 7.73. The number of primary amides is 2. The highest BCUT2D eigenvalue weighted by molar-refractivity contribution is 5.65. The molecule has 0 aliphatic carbocycles. The first-order valence-corrected chi connectivity index (χ1v) is 5.67. The molecule has 0 aliphatic heterocycles. The number of carbonyl (C=O) groups is 2. The molecule has 0 saturated heterocycles. The smallest absolute Gasteiger partial charge is 0.405 e. The Morgan fingerprint density at radius 1 is 1.18 bits per heavy atom. The second-order valence-electron chi connectivity index (χ2n) is 4.67. The summed E-state index contributed by atoms with van der Waals surface area (Å²) in [5.41, 5.74) is 9.29. The molecular formula is C11H22N2O4. The van der Waals surface area contributed by atoms with Gasteiger partial charge in [0.25, 0.3) is 0 Å². The van der Waals surface area contributed by atoms with Gasteiger partial charge in [-0.1, -0.05) is 0 Å². The number of rotatable bonds is 7. The highest BCUT2D eigenvalue weighted by Gasteiger charge is 2.21. The fourth-order valence-electron chi connectivity index (χ4n) is 1.56. The lowest BCUT2D eigenvalue weighted by Gasteiger charge is -2.24. The molecule has 0 spiro atoms. The maximum Gasteiger partial charge on any atom is 0.405 e. The van der Waals surface area contributed by atoms with E-state index in [4.69, 9.17) is 20.9 Å². The van der Waals surface area contributed by atoms with Crippen LogP contribution in [-0.2, 0) is 9.47 Å². The first kappa shape index (κ1) is 15.5. The third kappa shape index (κ3) is 9.47. The molecule has 0 radical (unpaired) electrons. The molecule has 17 heavy (non-hydrogen) atoms. The van der Waals surface area contributed by atoms with E-state index < -0.39 is 17.8 Å². The van der Waals surface area contributed by atoms with Gasteiger partial charge in [-0.05, 0) is 46.5 Å². The number of hydrogen-bond acceptors (Lipinski definition) is 4. The summed E-state index contributed by atoms with van der Waals surface area (Å²) in [4.78, 5) is 21.1. The average Bonchev–Trinajstić information content (AvgIpc) is 2.09. The first-order valence-electron chi connectivity index (χ1n) is 5.67. The van der Waals surface area contributed by atoms with Gasteiger partial charge in [0.1, 0.15) is 11.7 Å². The molecule has 0 aliphatic rings. The summed E-state index contributed by atoms with van der Waals surface area (Å²) in [6.07, 6.45) is 1.45. The summed E-state index contributed by atoms with van der Waals surface area (Å²) in [7, 11) is 0. The van der Waals surface area contributed by atoms with Gasteiger partial charge < -0.3 is 20.9 Å². The lowest BCUT2D eigenvalue weighted by molar-refractivity contribution is 0.0360. The highest BCUT2D eigenvalue weighted by Crippen LogP contribution is 2.19. The van der Waals surface area contributed by atoms with Gasteiger partial charge in [-0.15, -0.1) is 0 Å². The van der Waals surface area contributed by atoms with E-state index in [1.807, 2.05) is 0 Å². The van der Waals surface area contributed by atoms with E-state index in [1.54, 1.807) is 20.8 Å². The van der Waals surface area contributed by atoms with E-state index >= 15 is 0 Å². The Hall–Kier alpha value is -1.46. The summed E-state index contributed by atoms with van der Waals surface area (Å²) in [5.74, 6) is 0. The lowest BCUT2D eigenvalue weighted by Crippen LogP contribution is -2.31. The minimum Gasteiger partial charge on any atom is -0.447 e. The van der Waals surface area contributed by atoms with Gasteiger partial charge in [-0.25, -0.2) is 9.59 Å². The third-order valence-electron chi connectivity index (χ3n) is 2.33. The zero-order valence-electron chi connectivity index (χ0n) is 10.7. The molecule has 4 N–H and O–H groups in total. The fourth-order valence-corrected chi connectivity index (χ4v) is 1.56. The van der Waals surface area contributed by atoms with Gasteiger partial charge in [0.05, 0.1) is 0 Å². The Morgan fingerprint density at radius 3 is 2.24 bits per heavy atom. The molecule has 2 amide bonds. The second kappa shape index (κ2) is 6.98. The summed E-state index contributed by atoms with van der Waals surface area (Å²) < 4.78 is 9.72. The van der Waals surface area contributed by atoms with Crippen LogP contribution in [0.15, 0.2) is 0 Å². The zero-order valence-corrected chi connectivity index (χ0v) is 10.7. The maximum absolute atomic E-state index is 10.6. The Labute approximate surface area is 102 Å². The van der Waals surface area contributed by atoms with Crippen LogP contribution in [0.5, 0.6) is 0 Å². The molecule has 0 aromatic heterocycles. The molecule has 1 atom stereocenters. The SMILES string of the molecule is CC(CCCCC(C)(C)OC(N)=O)OC(N)=O. The van der Waals surface area contributed by atoms with Crippen LogP contribution < -0.4 is 11.5 Å². The topological polar surface area (TPSA) is 105 Å². The van der Waals surface area contributed by atoms with Crippen molar-refractivity contribution >= 4 is 12.2 Å². The van der Waals surface area contributed by atoms with Crippen molar-refractivity contribution in [3.63, 3.8) is 0 Å². The summed E-state index contributed by atoms with van der Waals surface area (Å²) in [6.45, 7) is 5.40. The predicted molar refractivity (Wildman–Crippen MR) is 63.3 cm³/mol. The number of ether oxygens (including phenoxy) is 2. The molecule has 0 heterocycles. The molecule has 100 valence electrons. The molecule has 0 bridgehead atoms. The van der Waals surface area contributed by atoms with E-state index in [9.17, 15) is 9.59 Å². The Bertz CT molecular complexity index is 266. The Balaban J connectivity index is 3.69. The molecule has 0 aromatic rings. The van der Waals surface area contributed by atoms with Crippen LogP contribution in [0.1, 0.15) is 46.5 Å². The zero-order chi connectivity index (χ0) is 13.5. The molecule has 0 saturated carbocycles. The predicted octanol–water partition coefficient (Wildman–Crippen LogP) is 1.90. The third-order valence-corrected chi connectivity index (χ3v) is 2.33. The van der Waals surface area contributed by atoms with Crippen molar-refractivity contribution in [2.24, 2.45) is 11.5 Å². The van der Waals surface area contributed by atoms with Gasteiger partial charge in [-0.2, -0.15) is 0 Å². The maximum atomic E-state index is 10.6. The van der Waals surface area contributed by atoms with Gasteiger partial charge in [0, 0.05) is 0 Å². The van der Waals surface area contributed by atoms with Crippen LogP contribution in [0.3, 0.4) is 0 Å². The lowest BCUT2D eigenvalue weighted by atomic mass is 9.99. The molecule has 1 unspecified atom stereocenters. The van der Waals surface area contributed by atoms with E-state index in [-0.39, 0.29) is 6.10 Å². The van der Waals surface area contributed by atoms with E-state index in [0.717, 1.165) is 19.3 Å². The Kier molecular flexibility index (Phi) is 6.38. The largest absolute Gasteiger partial charge is 0.447 e. The van der Waals surface area contributed by atoms with Crippen molar-refractivity contribution in [3.05, 3.63) is 0 Å². The number of nitrogens with two attached hydrogens (primary N) is 2. The number of unbranched alkanes of at least 4 members (excludes halogenated alkanes) is 1. The number of hydrogen-bond donors (Lipinski definition) is 2. The molecule has 6 heteroatoms. The standard InChI is InChI=1S/C11H22N2O4/c1-8(16-9(12)14)6-4-5-7-11(2,3)17-10(13)15/h8H,4-7H2,1-3H3,(H2,12,14)(H2,13,15). The summed E-state index contributed by atoms with van der Waals surface area (Å²) >= 11 is 0. The average molecular weight is 246 g/mol. The van der Waals surface area contributed by atoms with Crippen LogP contribution in [-0.4, -0.2) is 23.9 Å². The minimum atomic E-state index is -0.763. The summed E-state index contributed by atoms with van der Waals surface area (Å²) in [6, 6.07) is 0. The minimum absolute atomic E-state index is 0.187. The van der Waals surface area contributed by atoms with Crippen molar-refractivity contribution in [2.75, 3.05) is 0 Å². The fraction of sp³-hybridized carbons (Fsp3) is 0.818. The molecule has 0 fully saturated rings. The molecule has 6 nitrogen and oxygen atoms in total. The molecular weight excluding hydrogens is 224 g/mol. The van der Waals surface area contributed by atoms with E-state index in [0.29, 0.717) is 6.42 Å². The van der Waals surface area contributed by atoms with Gasteiger partial charge in [-0.3, -0.25) is 0 Å². The van der Waals surface area contributed by atoms with E-state index in [1.165, 1.54) is 0 Å².